The Labute approximate surface area is 199 Å². The van der Waals surface area contributed by atoms with Gasteiger partial charge in [-0.2, -0.15) is 8.99 Å². The van der Waals surface area contributed by atoms with Crippen LogP contribution in [0.15, 0.2) is 64.2 Å². The molecule has 0 aliphatic carbocycles. The summed E-state index contributed by atoms with van der Waals surface area (Å²) in [4.78, 5) is 11.1. The van der Waals surface area contributed by atoms with Gasteiger partial charge >= 0.3 is 0 Å². The molecular formula is C21H20BrN7O3S. The minimum absolute atomic E-state index is 0.283. The van der Waals surface area contributed by atoms with Crippen molar-refractivity contribution in [2.45, 2.75) is 4.90 Å². The summed E-state index contributed by atoms with van der Waals surface area (Å²) in [5, 5.41) is 8.58. The molecule has 12 heteroatoms. The van der Waals surface area contributed by atoms with Gasteiger partial charge in [-0.25, -0.2) is 18.4 Å². The molecule has 1 fully saturated rings. The lowest BCUT2D eigenvalue weighted by Crippen LogP contribution is -2.49. The minimum atomic E-state index is -3.55. The highest BCUT2D eigenvalue weighted by molar-refractivity contribution is 9.10. The number of ether oxygens (including phenoxy) is 1. The number of aromatic nitrogens is 5. The zero-order chi connectivity index (χ0) is 23.0. The third kappa shape index (κ3) is 4.05. The first kappa shape index (κ1) is 21.7. The van der Waals surface area contributed by atoms with Crippen LogP contribution in [0.1, 0.15) is 0 Å². The van der Waals surface area contributed by atoms with Gasteiger partial charge in [-0.1, -0.05) is 21.1 Å². The van der Waals surface area contributed by atoms with E-state index in [4.69, 9.17) is 4.74 Å². The van der Waals surface area contributed by atoms with Gasteiger partial charge in [-0.15, -0.1) is 5.10 Å². The van der Waals surface area contributed by atoms with Crippen LogP contribution in [0.25, 0.3) is 16.9 Å². The molecule has 0 atom stereocenters. The van der Waals surface area contributed by atoms with Gasteiger partial charge in [0, 0.05) is 30.7 Å². The highest BCUT2D eigenvalue weighted by Gasteiger charge is 2.30. The van der Waals surface area contributed by atoms with Gasteiger partial charge in [0.2, 0.25) is 10.0 Å². The van der Waals surface area contributed by atoms with Gasteiger partial charge in [0.25, 0.3) is 0 Å². The number of halogens is 1. The molecule has 0 bridgehead atoms. The van der Waals surface area contributed by atoms with Gasteiger partial charge in [-0.05, 0) is 48.5 Å². The number of benzene rings is 2. The largest absolute Gasteiger partial charge is 0.497 e. The van der Waals surface area contributed by atoms with Crippen LogP contribution in [0.3, 0.4) is 0 Å². The lowest BCUT2D eigenvalue weighted by molar-refractivity contribution is 0.384. The molecule has 5 rings (SSSR count). The topological polar surface area (TPSA) is 106 Å². The third-order valence-electron chi connectivity index (χ3n) is 5.53. The second-order valence-electron chi connectivity index (χ2n) is 7.41. The van der Waals surface area contributed by atoms with Crippen LogP contribution in [0, 0.1) is 0 Å². The number of piperazine rings is 1. The molecule has 1 aliphatic heterocycles. The van der Waals surface area contributed by atoms with Crippen molar-refractivity contribution < 1.29 is 13.2 Å². The monoisotopic (exact) mass is 529 g/mol. The molecule has 33 heavy (non-hydrogen) atoms. The van der Waals surface area contributed by atoms with Crippen LogP contribution >= 0.6 is 15.9 Å². The van der Waals surface area contributed by atoms with E-state index in [1.165, 1.54) is 10.6 Å². The number of nitrogens with zero attached hydrogens (tertiary/aromatic N) is 7. The van der Waals surface area contributed by atoms with Gasteiger partial charge in [0.1, 0.15) is 12.1 Å². The molecule has 0 N–H and O–H groups in total. The van der Waals surface area contributed by atoms with Crippen molar-refractivity contribution >= 4 is 42.9 Å². The predicted octanol–water partition coefficient (Wildman–Crippen LogP) is 2.49. The highest BCUT2D eigenvalue weighted by atomic mass is 79.9. The molecule has 1 saturated heterocycles. The molecule has 3 heterocycles. The maximum Gasteiger partial charge on any atom is 0.243 e. The van der Waals surface area contributed by atoms with Crippen LogP contribution in [-0.4, -0.2) is 71.0 Å². The Morgan fingerprint density at radius 1 is 0.939 bits per heavy atom. The molecule has 0 saturated carbocycles. The standard InChI is InChI=1S/C21H20BrN7O3S/c1-32-17-6-4-16(5-7-17)29-21-19(25-26-29)20(23-14-24-21)27-10-12-28(13-11-27)33(30,31)18-8-2-15(22)3-9-18/h2-9,14H,10-13H2,1H3. The number of sulfonamides is 1. The van der Waals surface area contributed by atoms with Crippen LogP contribution in [0.4, 0.5) is 5.82 Å². The van der Waals surface area contributed by atoms with E-state index in [0.29, 0.717) is 43.2 Å². The molecule has 2 aromatic heterocycles. The Kier molecular flexibility index (Phi) is 5.72. The number of methoxy groups -OCH3 is 1. The maximum absolute atomic E-state index is 13.0. The Bertz CT molecular complexity index is 1380. The van der Waals surface area contributed by atoms with Crippen LogP contribution < -0.4 is 9.64 Å². The van der Waals surface area contributed by atoms with Gasteiger partial charge in [0.15, 0.2) is 17.0 Å². The molecule has 170 valence electrons. The average molecular weight is 530 g/mol. The van der Waals surface area contributed by atoms with Gasteiger partial charge < -0.3 is 9.64 Å². The third-order valence-corrected chi connectivity index (χ3v) is 7.97. The first-order valence-electron chi connectivity index (χ1n) is 10.2. The smallest absolute Gasteiger partial charge is 0.243 e. The van der Waals surface area contributed by atoms with Gasteiger partial charge in [-0.3, -0.25) is 0 Å². The van der Waals surface area contributed by atoms with Crippen LogP contribution in [0.5, 0.6) is 5.75 Å². The maximum atomic E-state index is 13.0. The second kappa shape index (κ2) is 8.69. The van der Waals surface area contributed by atoms with Crippen molar-refractivity contribution in [1.82, 2.24) is 29.3 Å². The summed E-state index contributed by atoms with van der Waals surface area (Å²) in [5.74, 6) is 1.38. The highest BCUT2D eigenvalue weighted by Crippen LogP contribution is 2.26. The fourth-order valence-corrected chi connectivity index (χ4v) is 5.45. The summed E-state index contributed by atoms with van der Waals surface area (Å²) in [7, 11) is -1.94. The summed E-state index contributed by atoms with van der Waals surface area (Å²) in [6.07, 6.45) is 1.48. The normalized spacial score (nSPS) is 15.2. The van der Waals surface area contributed by atoms with E-state index >= 15 is 0 Å². The molecule has 0 spiro atoms. The quantitative estimate of drug-likeness (QED) is 0.388. The van der Waals surface area contributed by atoms with Crippen molar-refractivity contribution in [3.8, 4) is 11.4 Å². The summed E-state index contributed by atoms with van der Waals surface area (Å²) in [6, 6.07) is 14.1. The molecular weight excluding hydrogens is 510 g/mol. The molecule has 2 aromatic carbocycles. The first-order valence-corrected chi connectivity index (χ1v) is 12.4. The Morgan fingerprint density at radius 3 is 2.30 bits per heavy atom. The van der Waals surface area contributed by atoms with E-state index in [1.54, 1.807) is 36.1 Å². The van der Waals surface area contributed by atoms with Crippen molar-refractivity contribution in [1.29, 1.82) is 0 Å². The molecule has 4 aromatic rings. The first-order chi connectivity index (χ1) is 16.0. The number of anilines is 1. The van der Waals surface area contributed by atoms with Crippen molar-refractivity contribution in [3.05, 3.63) is 59.3 Å². The van der Waals surface area contributed by atoms with Crippen LogP contribution in [0.2, 0.25) is 0 Å². The zero-order valence-electron chi connectivity index (χ0n) is 17.7. The molecule has 10 nitrogen and oxygen atoms in total. The van der Waals surface area contributed by atoms with Crippen molar-refractivity contribution in [2.24, 2.45) is 0 Å². The van der Waals surface area contributed by atoms with E-state index in [2.05, 4.69) is 36.2 Å². The Hall–Kier alpha value is -3.09. The van der Waals surface area contributed by atoms with E-state index < -0.39 is 10.0 Å². The molecule has 1 aliphatic rings. The summed E-state index contributed by atoms with van der Waals surface area (Å²) < 4.78 is 35.2. The fraction of sp³-hybridized carbons (Fsp3) is 0.238. The fourth-order valence-electron chi connectivity index (χ4n) is 3.76. The predicted molar refractivity (Wildman–Crippen MR) is 126 cm³/mol. The van der Waals surface area contributed by atoms with E-state index in [-0.39, 0.29) is 4.90 Å². The Balaban J connectivity index is 1.37. The molecule has 0 amide bonds. The number of hydrogen-bond acceptors (Lipinski definition) is 8. The zero-order valence-corrected chi connectivity index (χ0v) is 20.1. The SMILES string of the molecule is COc1ccc(-n2nnc3c(N4CCN(S(=O)(=O)c5ccc(Br)cc5)CC4)ncnc32)cc1. The number of hydrogen-bond donors (Lipinski definition) is 0. The second-order valence-corrected chi connectivity index (χ2v) is 10.3. The number of rotatable bonds is 5. The summed E-state index contributed by atoms with van der Waals surface area (Å²) in [5.41, 5.74) is 1.95. The average Bonchev–Trinajstić information content (AvgIpc) is 3.29. The minimum Gasteiger partial charge on any atom is -0.497 e. The number of fused-ring (bicyclic) bond motifs is 1. The van der Waals surface area contributed by atoms with E-state index in [9.17, 15) is 8.42 Å². The lowest BCUT2D eigenvalue weighted by Gasteiger charge is -2.34. The van der Waals surface area contributed by atoms with E-state index in [1.807, 2.05) is 29.2 Å². The van der Waals surface area contributed by atoms with E-state index in [0.717, 1.165) is 15.9 Å². The van der Waals surface area contributed by atoms with Crippen LogP contribution in [-0.2, 0) is 10.0 Å². The summed E-state index contributed by atoms with van der Waals surface area (Å²) in [6.45, 7) is 1.65. The molecule has 0 radical (unpaired) electrons. The lowest BCUT2D eigenvalue weighted by atomic mass is 10.3. The molecule has 0 unspecified atom stereocenters. The van der Waals surface area contributed by atoms with Gasteiger partial charge in [0.05, 0.1) is 17.7 Å². The summed E-state index contributed by atoms with van der Waals surface area (Å²) >= 11 is 3.34. The van der Waals surface area contributed by atoms with Crippen molar-refractivity contribution in [2.75, 3.05) is 38.2 Å². The Morgan fingerprint density at radius 2 is 1.64 bits per heavy atom. The van der Waals surface area contributed by atoms with Crippen molar-refractivity contribution in [3.63, 3.8) is 0 Å².